The molecule has 0 fully saturated rings. The van der Waals surface area contributed by atoms with E-state index in [0.29, 0.717) is 0 Å². The standard InChI is InChI=1S/C16H15F2NO3/c1-11-15(13(20)7-8-19(11)9-14(17)18)16(21)22-10-12-5-3-2-4-6-12/h2-8,14H,9-10H2,1H3. The number of pyridine rings is 1. The molecule has 0 spiro atoms. The summed E-state index contributed by atoms with van der Waals surface area (Å²) in [6.07, 6.45) is -1.33. The van der Waals surface area contributed by atoms with Gasteiger partial charge in [0.1, 0.15) is 12.2 Å². The van der Waals surface area contributed by atoms with Gasteiger partial charge < -0.3 is 9.30 Å². The van der Waals surface area contributed by atoms with E-state index in [9.17, 15) is 18.4 Å². The highest BCUT2D eigenvalue weighted by molar-refractivity contribution is 5.90. The topological polar surface area (TPSA) is 48.3 Å². The molecule has 2 rings (SSSR count). The molecule has 0 saturated heterocycles. The van der Waals surface area contributed by atoms with Crippen LogP contribution in [0, 0.1) is 6.92 Å². The lowest BCUT2D eigenvalue weighted by Crippen LogP contribution is -2.23. The number of carbonyl (C=O) groups is 1. The van der Waals surface area contributed by atoms with Crippen LogP contribution in [-0.4, -0.2) is 17.0 Å². The molecule has 4 nitrogen and oxygen atoms in total. The molecule has 116 valence electrons. The van der Waals surface area contributed by atoms with Crippen LogP contribution in [0.4, 0.5) is 8.78 Å². The summed E-state index contributed by atoms with van der Waals surface area (Å²) in [5.74, 6) is -0.810. The molecule has 1 aromatic carbocycles. The quantitative estimate of drug-likeness (QED) is 0.798. The lowest BCUT2D eigenvalue weighted by atomic mass is 10.2. The van der Waals surface area contributed by atoms with Gasteiger partial charge >= 0.3 is 5.97 Å². The van der Waals surface area contributed by atoms with Crippen molar-refractivity contribution in [1.82, 2.24) is 4.57 Å². The average molecular weight is 307 g/mol. The maximum absolute atomic E-state index is 12.5. The normalized spacial score (nSPS) is 10.7. The van der Waals surface area contributed by atoms with Gasteiger partial charge in [0, 0.05) is 18.0 Å². The number of nitrogens with zero attached hydrogens (tertiary/aromatic N) is 1. The minimum atomic E-state index is -2.57. The van der Waals surface area contributed by atoms with Crippen molar-refractivity contribution in [1.29, 1.82) is 0 Å². The monoisotopic (exact) mass is 307 g/mol. The molecular formula is C16H15F2NO3. The molecular weight excluding hydrogens is 292 g/mol. The number of benzene rings is 1. The maximum atomic E-state index is 12.5. The highest BCUT2D eigenvalue weighted by Gasteiger charge is 2.18. The number of carbonyl (C=O) groups excluding carboxylic acids is 1. The second kappa shape index (κ2) is 6.98. The first-order valence-electron chi connectivity index (χ1n) is 6.68. The molecule has 2 aromatic rings. The fraction of sp³-hybridized carbons (Fsp3) is 0.250. The predicted molar refractivity (Wildman–Crippen MR) is 77.0 cm³/mol. The van der Waals surface area contributed by atoms with E-state index in [4.69, 9.17) is 4.74 Å². The third-order valence-corrected chi connectivity index (χ3v) is 3.20. The molecule has 0 aliphatic carbocycles. The third kappa shape index (κ3) is 3.78. The van der Waals surface area contributed by atoms with Gasteiger partial charge in [0.15, 0.2) is 5.43 Å². The van der Waals surface area contributed by atoms with E-state index < -0.39 is 24.4 Å². The number of ether oxygens (including phenoxy) is 1. The number of hydrogen-bond donors (Lipinski definition) is 0. The van der Waals surface area contributed by atoms with Crippen LogP contribution in [0.15, 0.2) is 47.4 Å². The molecule has 0 saturated carbocycles. The van der Waals surface area contributed by atoms with Crippen molar-refractivity contribution in [2.45, 2.75) is 26.5 Å². The van der Waals surface area contributed by atoms with Gasteiger partial charge in [-0.15, -0.1) is 0 Å². The molecule has 0 radical (unpaired) electrons. The van der Waals surface area contributed by atoms with Crippen molar-refractivity contribution >= 4 is 5.97 Å². The smallest absolute Gasteiger partial charge is 0.344 e. The van der Waals surface area contributed by atoms with Gasteiger partial charge in [-0.3, -0.25) is 4.79 Å². The fourth-order valence-corrected chi connectivity index (χ4v) is 2.06. The zero-order valence-electron chi connectivity index (χ0n) is 12.0. The lowest BCUT2D eigenvalue weighted by Gasteiger charge is -2.13. The number of rotatable bonds is 5. The summed E-state index contributed by atoms with van der Waals surface area (Å²) < 4.78 is 31.2. The highest BCUT2D eigenvalue weighted by Crippen LogP contribution is 2.09. The Labute approximate surface area is 126 Å². The second-order valence-electron chi connectivity index (χ2n) is 4.75. The minimum Gasteiger partial charge on any atom is -0.457 e. The zero-order chi connectivity index (χ0) is 16.1. The first-order chi connectivity index (χ1) is 10.5. The largest absolute Gasteiger partial charge is 0.457 e. The Hall–Kier alpha value is -2.50. The van der Waals surface area contributed by atoms with Crippen LogP contribution in [0.1, 0.15) is 21.6 Å². The number of aromatic nitrogens is 1. The fourth-order valence-electron chi connectivity index (χ4n) is 2.06. The van der Waals surface area contributed by atoms with E-state index in [1.54, 1.807) is 24.3 Å². The Morgan fingerprint density at radius 2 is 1.91 bits per heavy atom. The van der Waals surface area contributed by atoms with Crippen LogP contribution in [0.3, 0.4) is 0 Å². The summed E-state index contributed by atoms with van der Waals surface area (Å²) in [4.78, 5) is 23.9. The summed E-state index contributed by atoms with van der Waals surface area (Å²) in [7, 11) is 0. The van der Waals surface area contributed by atoms with Gasteiger partial charge in [-0.25, -0.2) is 13.6 Å². The van der Waals surface area contributed by atoms with Crippen molar-refractivity contribution < 1.29 is 18.3 Å². The van der Waals surface area contributed by atoms with Gasteiger partial charge in [0.2, 0.25) is 0 Å². The van der Waals surface area contributed by atoms with Gasteiger partial charge in [-0.2, -0.15) is 0 Å². The van der Waals surface area contributed by atoms with Crippen molar-refractivity contribution in [2.24, 2.45) is 0 Å². The van der Waals surface area contributed by atoms with E-state index in [2.05, 4.69) is 0 Å². The molecule has 0 aliphatic rings. The van der Waals surface area contributed by atoms with Gasteiger partial charge in [0.25, 0.3) is 6.43 Å². The van der Waals surface area contributed by atoms with E-state index in [0.717, 1.165) is 11.6 Å². The first-order valence-corrected chi connectivity index (χ1v) is 6.68. The summed E-state index contributed by atoms with van der Waals surface area (Å²) in [5, 5.41) is 0. The zero-order valence-corrected chi connectivity index (χ0v) is 12.0. The SMILES string of the molecule is Cc1c(C(=O)OCc2ccccc2)c(=O)ccn1CC(F)F. The molecule has 0 unspecified atom stereocenters. The summed E-state index contributed by atoms with van der Waals surface area (Å²) in [6, 6.07) is 10.1. The Balaban J connectivity index is 2.20. The Kier molecular flexibility index (Phi) is 5.04. The van der Waals surface area contributed by atoms with Gasteiger partial charge in [-0.1, -0.05) is 30.3 Å². The van der Waals surface area contributed by atoms with Crippen LogP contribution in [0.25, 0.3) is 0 Å². The lowest BCUT2D eigenvalue weighted by molar-refractivity contribution is 0.0467. The molecule has 1 heterocycles. The van der Waals surface area contributed by atoms with Crippen LogP contribution in [-0.2, 0) is 17.9 Å². The summed E-state index contributed by atoms with van der Waals surface area (Å²) in [6.45, 7) is 0.885. The van der Waals surface area contributed by atoms with Gasteiger partial charge in [-0.05, 0) is 12.5 Å². The Bertz CT molecular complexity index is 711. The van der Waals surface area contributed by atoms with E-state index in [1.165, 1.54) is 17.7 Å². The van der Waals surface area contributed by atoms with E-state index in [1.807, 2.05) is 6.07 Å². The molecule has 0 N–H and O–H groups in total. The molecule has 0 bridgehead atoms. The van der Waals surface area contributed by atoms with E-state index in [-0.39, 0.29) is 17.9 Å². The highest BCUT2D eigenvalue weighted by atomic mass is 19.3. The average Bonchev–Trinajstić information content (AvgIpc) is 2.49. The number of hydrogen-bond acceptors (Lipinski definition) is 3. The van der Waals surface area contributed by atoms with Crippen LogP contribution in [0.5, 0.6) is 0 Å². The van der Waals surface area contributed by atoms with Crippen molar-refractivity contribution in [3.8, 4) is 0 Å². The number of esters is 1. The maximum Gasteiger partial charge on any atom is 0.344 e. The molecule has 0 amide bonds. The van der Waals surface area contributed by atoms with E-state index >= 15 is 0 Å². The minimum absolute atomic E-state index is 0.0162. The molecule has 1 aromatic heterocycles. The molecule has 22 heavy (non-hydrogen) atoms. The number of halogens is 2. The van der Waals surface area contributed by atoms with Crippen molar-refractivity contribution in [3.05, 3.63) is 69.6 Å². The summed E-state index contributed by atoms with van der Waals surface area (Å²) in [5.41, 5.74) is 0.198. The van der Waals surface area contributed by atoms with Crippen molar-refractivity contribution in [3.63, 3.8) is 0 Å². The summed E-state index contributed by atoms with van der Waals surface area (Å²) >= 11 is 0. The Morgan fingerprint density at radius 1 is 1.23 bits per heavy atom. The molecule has 0 atom stereocenters. The second-order valence-corrected chi connectivity index (χ2v) is 4.75. The predicted octanol–water partition coefficient (Wildman–Crippen LogP) is 2.78. The Morgan fingerprint density at radius 3 is 2.55 bits per heavy atom. The van der Waals surface area contributed by atoms with Crippen LogP contribution >= 0.6 is 0 Å². The van der Waals surface area contributed by atoms with Crippen molar-refractivity contribution in [2.75, 3.05) is 0 Å². The molecule has 0 aliphatic heterocycles. The van der Waals surface area contributed by atoms with Crippen LogP contribution in [0.2, 0.25) is 0 Å². The van der Waals surface area contributed by atoms with Crippen LogP contribution < -0.4 is 5.43 Å². The molecule has 6 heteroatoms. The third-order valence-electron chi connectivity index (χ3n) is 3.20. The first kappa shape index (κ1) is 15.9. The number of alkyl halides is 2. The van der Waals surface area contributed by atoms with Gasteiger partial charge in [0.05, 0.1) is 6.54 Å².